The summed E-state index contributed by atoms with van der Waals surface area (Å²) in [4.78, 5) is 39.7. The Hall–Kier alpha value is -3.41. The molecular weight excluding hydrogens is 330 g/mol. The van der Waals surface area contributed by atoms with Gasteiger partial charge < -0.3 is 15.6 Å². The van der Waals surface area contributed by atoms with Gasteiger partial charge >= 0.3 is 0 Å². The van der Waals surface area contributed by atoms with Crippen molar-refractivity contribution in [3.8, 4) is 0 Å². The number of benzene rings is 2. The number of carbonyl (C=O) groups excluding carboxylic acids is 2. The molecule has 0 aliphatic heterocycles. The molecule has 2 aromatic carbocycles. The third-order valence-electron chi connectivity index (χ3n) is 4.33. The normalized spacial score (nSPS) is 13.4. The summed E-state index contributed by atoms with van der Waals surface area (Å²) in [6.45, 7) is 0. The van der Waals surface area contributed by atoms with E-state index in [9.17, 15) is 14.4 Å². The van der Waals surface area contributed by atoms with Crippen molar-refractivity contribution in [1.29, 1.82) is 0 Å². The number of anilines is 1. The summed E-state index contributed by atoms with van der Waals surface area (Å²) in [6.07, 6.45) is 1.97. The number of amides is 2. The average Bonchev–Trinajstić information content (AvgIpc) is 3.46. The number of carbonyl (C=O) groups is 2. The van der Waals surface area contributed by atoms with Gasteiger partial charge in [0.25, 0.3) is 17.4 Å². The second kappa shape index (κ2) is 6.48. The number of aromatic nitrogens is 1. The highest BCUT2D eigenvalue weighted by atomic mass is 16.2. The summed E-state index contributed by atoms with van der Waals surface area (Å²) in [7, 11) is 0. The molecule has 3 aromatic rings. The molecular formula is C20H17N3O3. The van der Waals surface area contributed by atoms with Crippen LogP contribution in [0.1, 0.15) is 33.7 Å². The number of H-pyrrole nitrogens is 1. The van der Waals surface area contributed by atoms with Crippen LogP contribution in [-0.2, 0) is 0 Å². The van der Waals surface area contributed by atoms with Crippen LogP contribution in [0.3, 0.4) is 0 Å². The largest absolute Gasteiger partial charge is 0.349 e. The smallest absolute Gasteiger partial charge is 0.272 e. The highest BCUT2D eigenvalue weighted by Crippen LogP contribution is 2.22. The van der Waals surface area contributed by atoms with Crippen molar-refractivity contribution >= 4 is 28.3 Å². The minimum atomic E-state index is -0.473. The van der Waals surface area contributed by atoms with Crippen molar-refractivity contribution in [2.24, 2.45) is 0 Å². The quantitative estimate of drug-likeness (QED) is 0.678. The molecule has 6 heteroatoms. The van der Waals surface area contributed by atoms with Crippen LogP contribution in [0.2, 0.25) is 0 Å². The molecule has 0 unspecified atom stereocenters. The van der Waals surface area contributed by atoms with Gasteiger partial charge in [-0.3, -0.25) is 14.4 Å². The first-order chi connectivity index (χ1) is 12.6. The zero-order valence-corrected chi connectivity index (χ0v) is 13.9. The number of fused-ring (bicyclic) bond motifs is 1. The Morgan fingerprint density at radius 1 is 0.962 bits per heavy atom. The van der Waals surface area contributed by atoms with E-state index < -0.39 is 5.91 Å². The Balaban J connectivity index is 1.62. The summed E-state index contributed by atoms with van der Waals surface area (Å²) < 4.78 is 0. The number of hydrogen-bond acceptors (Lipinski definition) is 3. The molecule has 0 radical (unpaired) electrons. The molecule has 1 fully saturated rings. The molecule has 4 rings (SSSR count). The molecule has 3 N–H and O–H groups in total. The first-order valence-corrected chi connectivity index (χ1v) is 8.45. The van der Waals surface area contributed by atoms with Crippen LogP contribution in [0.4, 0.5) is 5.69 Å². The average molecular weight is 347 g/mol. The molecule has 1 aliphatic rings. The Morgan fingerprint density at radius 3 is 2.50 bits per heavy atom. The van der Waals surface area contributed by atoms with Crippen molar-refractivity contribution < 1.29 is 9.59 Å². The Kier molecular flexibility index (Phi) is 4.01. The minimum absolute atomic E-state index is 0.145. The lowest BCUT2D eigenvalue weighted by molar-refractivity contribution is 0.0952. The summed E-state index contributed by atoms with van der Waals surface area (Å²) in [6, 6.07) is 15.7. The highest BCUT2D eigenvalue weighted by Gasteiger charge is 2.25. The summed E-state index contributed by atoms with van der Waals surface area (Å²) in [5.74, 6) is -0.685. The third-order valence-corrected chi connectivity index (χ3v) is 4.33. The number of pyridine rings is 1. The second-order valence-corrected chi connectivity index (χ2v) is 6.35. The second-order valence-electron chi connectivity index (χ2n) is 6.35. The SMILES string of the molecule is O=C(Nc1ccccc1C(=O)NC1CC1)c1cc2ccccc2c(=O)[nH]1. The molecule has 0 bridgehead atoms. The van der Waals surface area contributed by atoms with Crippen LogP contribution < -0.4 is 16.2 Å². The lowest BCUT2D eigenvalue weighted by Gasteiger charge is -2.11. The van der Waals surface area contributed by atoms with E-state index in [0.29, 0.717) is 22.0 Å². The van der Waals surface area contributed by atoms with Crippen molar-refractivity contribution in [3.05, 3.63) is 76.2 Å². The van der Waals surface area contributed by atoms with Gasteiger partial charge in [0.1, 0.15) is 5.69 Å². The Morgan fingerprint density at radius 2 is 1.69 bits per heavy atom. The fourth-order valence-corrected chi connectivity index (χ4v) is 2.80. The first kappa shape index (κ1) is 16.1. The number of nitrogens with one attached hydrogen (secondary N) is 3. The monoisotopic (exact) mass is 347 g/mol. The van der Waals surface area contributed by atoms with Gasteiger partial charge in [0.15, 0.2) is 0 Å². The van der Waals surface area contributed by atoms with Crippen LogP contribution in [0, 0.1) is 0 Å². The fraction of sp³-hybridized carbons (Fsp3) is 0.150. The van der Waals surface area contributed by atoms with E-state index in [1.165, 1.54) is 0 Å². The first-order valence-electron chi connectivity index (χ1n) is 8.45. The van der Waals surface area contributed by atoms with Crippen LogP contribution in [-0.4, -0.2) is 22.8 Å². The molecule has 2 amide bonds. The van der Waals surface area contributed by atoms with Crippen LogP contribution in [0.5, 0.6) is 0 Å². The van der Waals surface area contributed by atoms with Gasteiger partial charge in [-0.25, -0.2) is 0 Å². The summed E-state index contributed by atoms with van der Waals surface area (Å²) in [5, 5.41) is 6.84. The molecule has 26 heavy (non-hydrogen) atoms. The lowest BCUT2D eigenvalue weighted by atomic mass is 10.1. The zero-order valence-electron chi connectivity index (χ0n) is 13.9. The van der Waals surface area contributed by atoms with Crippen molar-refractivity contribution in [1.82, 2.24) is 10.3 Å². The summed E-state index contributed by atoms with van der Waals surface area (Å²) in [5.41, 5.74) is 0.625. The van der Waals surface area contributed by atoms with Gasteiger partial charge in [0.05, 0.1) is 11.3 Å². The molecule has 130 valence electrons. The van der Waals surface area contributed by atoms with Crippen LogP contribution >= 0.6 is 0 Å². The maximum absolute atomic E-state index is 12.6. The van der Waals surface area contributed by atoms with Gasteiger partial charge in [-0.2, -0.15) is 0 Å². The van der Waals surface area contributed by atoms with E-state index in [0.717, 1.165) is 12.8 Å². The van der Waals surface area contributed by atoms with Crippen molar-refractivity contribution in [2.75, 3.05) is 5.32 Å². The Labute approximate surface area is 149 Å². The number of rotatable bonds is 4. The van der Waals surface area contributed by atoms with Gasteiger partial charge in [-0.1, -0.05) is 30.3 Å². The highest BCUT2D eigenvalue weighted by molar-refractivity contribution is 6.09. The van der Waals surface area contributed by atoms with Gasteiger partial charge in [0, 0.05) is 11.4 Å². The van der Waals surface area contributed by atoms with Crippen LogP contribution in [0.25, 0.3) is 10.8 Å². The maximum atomic E-state index is 12.6. The minimum Gasteiger partial charge on any atom is -0.349 e. The number of aromatic amines is 1. The van der Waals surface area contributed by atoms with Crippen LogP contribution in [0.15, 0.2) is 59.4 Å². The number of para-hydroxylation sites is 1. The molecule has 6 nitrogen and oxygen atoms in total. The maximum Gasteiger partial charge on any atom is 0.272 e. The summed E-state index contributed by atoms with van der Waals surface area (Å²) >= 11 is 0. The van der Waals surface area contributed by atoms with Gasteiger partial charge in [0.2, 0.25) is 0 Å². The topological polar surface area (TPSA) is 91.1 Å². The fourth-order valence-electron chi connectivity index (χ4n) is 2.80. The lowest BCUT2D eigenvalue weighted by Crippen LogP contribution is -2.27. The van der Waals surface area contributed by atoms with E-state index in [-0.39, 0.29) is 23.2 Å². The molecule has 1 aromatic heterocycles. The molecule has 1 aliphatic carbocycles. The van der Waals surface area contributed by atoms with Gasteiger partial charge in [-0.05, 0) is 42.5 Å². The van der Waals surface area contributed by atoms with Crippen molar-refractivity contribution in [2.45, 2.75) is 18.9 Å². The van der Waals surface area contributed by atoms with E-state index in [4.69, 9.17) is 0 Å². The van der Waals surface area contributed by atoms with Crippen molar-refractivity contribution in [3.63, 3.8) is 0 Å². The van der Waals surface area contributed by atoms with E-state index in [1.54, 1.807) is 54.6 Å². The predicted molar refractivity (Wildman–Crippen MR) is 99.5 cm³/mol. The molecule has 0 spiro atoms. The van der Waals surface area contributed by atoms with E-state index in [1.807, 2.05) is 0 Å². The molecule has 1 heterocycles. The number of hydrogen-bond donors (Lipinski definition) is 3. The Bertz CT molecular complexity index is 1070. The molecule has 1 saturated carbocycles. The zero-order chi connectivity index (χ0) is 18.1. The third kappa shape index (κ3) is 3.21. The standard InChI is InChI=1S/C20H17N3O3/c24-18-14-6-2-1-5-12(14)11-17(23-18)20(26)22-16-8-4-3-7-15(16)19(25)21-13-9-10-13/h1-8,11,13H,9-10H2,(H,21,25)(H,22,26)(H,23,24). The molecule has 0 saturated heterocycles. The van der Waals surface area contributed by atoms with E-state index in [2.05, 4.69) is 15.6 Å². The molecule has 0 atom stereocenters. The predicted octanol–water partition coefficient (Wildman–Crippen LogP) is 2.67. The van der Waals surface area contributed by atoms with Gasteiger partial charge in [-0.15, -0.1) is 0 Å². The van der Waals surface area contributed by atoms with E-state index >= 15 is 0 Å².